The molecule has 23 heavy (non-hydrogen) atoms. The second-order valence-electron chi connectivity index (χ2n) is 4.17. The van der Waals surface area contributed by atoms with Crippen LogP contribution in [-0.2, 0) is 20.0 Å². The summed E-state index contributed by atoms with van der Waals surface area (Å²) in [5.41, 5.74) is 0. The summed E-state index contributed by atoms with van der Waals surface area (Å²) < 4.78 is 53.5. The minimum atomic E-state index is -4.05. The van der Waals surface area contributed by atoms with Gasteiger partial charge >= 0.3 is 0 Å². The first-order valence-corrected chi connectivity index (χ1v) is 10.4. The standard InChI is InChI=1S/C12H13ClN2O5S3/c1-2-20-9-3-5-10(6-4-9)22(16,17)14-15-23(18,19)12-8-7-11(13)21-12/h3-8,14-15H,2H2,1H3. The highest BCUT2D eigenvalue weighted by Gasteiger charge is 2.21. The van der Waals surface area contributed by atoms with Crippen LogP contribution in [0.5, 0.6) is 5.75 Å². The van der Waals surface area contributed by atoms with E-state index in [1.165, 1.54) is 36.4 Å². The van der Waals surface area contributed by atoms with Gasteiger partial charge in [-0.2, -0.15) is 0 Å². The van der Waals surface area contributed by atoms with Crippen LogP contribution in [0.1, 0.15) is 6.92 Å². The SMILES string of the molecule is CCOc1ccc(S(=O)(=O)NNS(=O)(=O)c2ccc(Cl)s2)cc1. The maximum absolute atomic E-state index is 12.1. The van der Waals surface area contributed by atoms with Crippen molar-refractivity contribution >= 4 is 43.0 Å². The largest absolute Gasteiger partial charge is 0.494 e. The lowest BCUT2D eigenvalue weighted by Gasteiger charge is -2.09. The van der Waals surface area contributed by atoms with Gasteiger partial charge in [-0.05, 0) is 43.3 Å². The van der Waals surface area contributed by atoms with Gasteiger partial charge in [0.05, 0.1) is 15.8 Å². The first-order chi connectivity index (χ1) is 10.7. The number of ether oxygens (including phenoxy) is 1. The van der Waals surface area contributed by atoms with Crippen LogP contribution in [0.4, 0.5) is 0 Å². The Bertz CT molecular complexity index is 876. The molecule has 0 atom stereocenters. The van der Waals surface area contributed by atoms with Gasteiger partial charge in [0.25, 0.3) is 20.0 Å². The topological polar surface area (TPSA) is 102 Å². The molecule has 2 N–H and O–H groups in total. The Morgan fingerprint density at radius 2 is 1.61 bits per heavy atom. The van der Waals surface area contributed by atoms with Gasteiger partial charge in [0, 0.05) is 0 Å². The number of hydrazine groups is 1. The lowest BCUT2D eigenvalue weighted by molar-refractivity contribution is 0.340. The molecule has 0 saturated carbocycles. The molecule has 1 heterocycles. The molecule has 0 amide bonds. The number of hydrogen-bond donors (Lipinski definition) is 2. The van der Waals surface area contributed by atoms with Crippen LogP contribution >= 0.6 is 22.9 Å². The van der Waals surface area contributed by atoms with Gasteiger partial charge in [0.15, 0.2) is 0 Å². The van der Waals surface area contributed by atoms with Crippen molar-refractivity contribution in [1.29, 1.82) is 0 Å². The van der Waals surface area contributed by atoms with Crippen molar-refractivity contribution in [1.82, 2.24) is 9.66 Å². The minimum absolute atomic E-state index is 0.100. The zero-order chi connectivity index (χ0) is 17.1. The first-order valence-electron chi connectivity index (χ1n) is 6.26. The van der Waals surface area contributed by atoms with E-state index >= 15 is 0 Å². The Labute approximate surface area is 143 Å². The number of benzene rings is 1. The second-order valence-corrected chi connectivity index (χ2v) is 9.48. The molecule has 0 bridgehead atoms. The molecule has 7 nitrogen and oxygen atoms in total. The number of rotatable bonds is 7. The molecule has 126 valence electrons. The zero-order valence-electron chi connectivity index (χ0n) is 11.8. The van der Waals surface area contributed by atoms with E-state index in [0.717, 1.165) is 11.3 Å². The van der Waals surface area contributed by atoms with Crippen molar-refractivity contribution in [2.75, 3.05) is 6.61 Å². The first kappa shape index (κ1) is 18.2. The Morgan fingerprint density at radius 3 is 2.13 bits per heavy atom. The van der Waals surface area contributed by atoms with E-state index < -0.39 is 20.0 Å². The summed E-state index contributed by atoms with van der Waals surface area (Å²) in [5, 5.41) is 0. The summed E-state index contributed by atoms with van der Waals surface area (Å²) in [5.74, 6) is 0.514. The van der Waals surface area contributed by atoms with E-state index in [1.807, 2.05) is 9.66 Å². The van der Waals surface area contributed by atoms with Crippen LogP contribution in [0.25, 0.3) is 0 Å². The monoisotopic (exact) mass is 396 g/mol. The van der Waals surface area contributed by atoms with Crippen molar-refractivity contribution in [3.63, 3.8) is 0 Å². The maximum atomic E-state index is 12.1. The van der Waals surface area contributed by atoms with Gasteiger partial charge in [0.2, 0.25) is 0 Å². The smallest absolute Gasteiger partial charge is 0.263 e. The summed E-state index contributed by atoms with van der Waals surface area (Å²) in [6, 6.07) is 8.26. The Kier molecular flexibility index (Phi) is 5.65. The lowest BCUT2D eigenvalue weighted by atomic mass is 10.3. The molecule has 0 spiro atoms. The molecule has 2 aromatic rings. The van der Waals surface area contributed by atoms with E-state index in [4.69, 9.17) is 16.3 Å². The third kappa shape index (κ3) is 4.66. The molecule has 0 aliphatic heterocycles. The fourth-order valence-corrected chi connectivity index (χ4v) is 5.13. The van der Waals surface area contributed by atoms with Crippen LogP contribution in [-0.4, -0.2) is 23.4 Å². The molecule has 1 aromatic heterocycles. The van der Waals surface area contributed by atoms with Crippen molar-refractivity contribution in [3.8, 4) is 5.75 Å². The average molecular weight is 397 g/mol. The van der Waals surface area contributed by atoms with Crippen LogP contribution in [0.3, 0.4) is 0 Å². The Morgan fingerprint density at radius 1 is 1.00 bits per heavy atom. The van der Waals surface area contributed by atoms with Gasteiger partial charge in [-0.15, -0.1) is 21.0 Å². The van der Waals surface area contributed by atoms with Crippen LogP contribution in [0, 0.1) is 0 Å². The third-order valence-electron chi connectivity index (χ3n) is 2.57. The average Bonchev–Trinajstić information content (AvgIpc) is 2.94. The van der Waals surface area contributed by atoms with E-state index in [0.29, 0.717) is 12.4 Å². The molecule has 0 unspecified atom stereocenters. The van der Waals surface area contributed by atoms with E-state index in [9.17, 15) is 16.8 Å². The number of hydrogen-bond acceptors (Lipinski definition) is 6. The fourth-order valence-electron chi connectivity index (χ4n) is 1.54. The van der Waals surface area contributed by atoms with Gasteiger partial charge in [-0.1, -0.05) is 11.6 Å². The highest BCUT2D eigenvalue weighted by atomic mass is 35.5. The maximum Gasteiger partial charge on any atom is 0.263 e. The van der Waals surface area contributed by atoms with Crippen molar-refractivity contribution in [2.24, 2.45) is 0 Å². The summed E-state index contributed by atoms with van der Waals surface area (Å²) in [4.78, 5) is 3.55. The summed E-state index contributed by atoms with van der Waals surface area (Å²) >= 11 is 6.48. The molecule has 0 aliphatic rings. The lowest BCUT2D eigenvalue weighted by Crippen LogP contribution is -2.41. The van der Waals surface area contributed by atoms with Gasteiger partial charge in [0.1, 0.15) is 9.96 Å². The predicted octanol–water partition coefficient (Wildman–Crippen LogP) is 1.97. The molecule has 0 aliphatic carbocycles. The van der Waals surface area contributed by atoms with Crippen molar-refractivity contribution in [3.05, 3.63) is 40.7 Å². The molecular formula is C12H13ClN2O5S3. The quantitative estimate of drug-likeness (QED) is 0.696. The predicted molar refractivity (Wildman–Crippen MR) is 87.6 cm³/mol. The summed E-state index contributed by atoms with van der Waals surface area (Å²) in [6.45, 7) is 2.26. The normalized spacial score (nSPS) is 12.3. The zero-order valence-corrected chi connectivity index (χ0v) is 15.0. The van der Waals surface area contributed by atoms with Gasteiger partial charge < -0.3 is 4.74 Å². The van der Waals surface area contributed by atoms with Crippen LogP contribution < -0.4 is 14.4 Å². The minimum Gasteiger partial charge on any atom is -0.494 e. The van der Waals surface area contributed by atoms with Gasteiger partial charge in [-0.3, -0.25) is 0 Å². The molecule has 1 aromatic carbocycles. The van der Waals surface area contributed by atoms with Crippen LogP contribution in [0.15, 0.2) is 45.5 Å². The van der Waals surface area contributed by atoms with E-state index in [2.05, 4.69) is 0 Å². The van der Waals surface area contributed by atoms with E-state index in [1.54, 1.807) is 6.92 Å². The fraction of sp³-hybridized carbons (Fsp3) is 0.167. The summed E-state index contributed by atoms with van der Waals surface area (Å²) in [7, 11) is -8.08. The number of halogens is 1. The highest BCUT2D eigenvalue weighted by molar-refractivity contribution is 7.93. The summed E-state index contributed by atoms with van der Waals surface area (Å²) in [6.07, 6.45) is 0. The molecular weight excluding hydrogens is 384 g/mol. The molecule has 0 radical (unpaired) electrons. The number of nitrogens with one attached hydrogen (secondary N) is 2. The highest BCUT2D eigenvalue weighted by Crippen LogP contribution is 2.25. The molecule has 0 saturated heterocycles. The van der Waals surface area contributed by atoms with Crippen LogP contribution in [0.2, 0.25) is 4.34 Å². The molecule has 2 rings (SSSR count). The Balaban J connectivity index is 2.12. The van der Waals surface area contributed by atoms with Gasteiger partial charge in [-0.25, -0.2) is 16.8 Å². The molecule has 11 heteroatoms. The number of sulfonamides is 2. The second kappa shape index (κ2) is 7.16. The van der Waals surface area contributed by atoms with Crippen molar-refractivity contribution in [2.45, 2.75) is 16.0 Å². The Hall–Kier alpha value is -1.17. The number of thiophene rings is 1. The van der Waals surface area contributed by atoms with E-state index in [-0.39, 0.29) is 13.4 Å². The third-order valence-corrected chi connectivity index (χ3v) is 6.93. The van der Waals surface area contributed by atoms with Crippen molar-refractivity contribution < 1.29 is 21.6 Å². The molecule has 0 fully saturated rings.